The van der Waals surface area contributed by atoms with Gasteiger partial charge in [-0.25, -0.2) is 4.79 Å². The van der Waals surface area contributed by atoms with E-state index < -0.39 is 18.2 Å². The fourth-order valence-corrected chi connectivity index (χ4v) is 4.20. The lowest BCUT2D eigenvalue weighted by Gasteiger charge is -2.37. The van der Waals surface area contributed by atoms with Crippen molar-refractivity contribution < 1.29 is 19.5 Å². The number of hydrogen-bond donors (Lipinski definition) is 4. The number of oxime groups is 1. The zero-order chi connectivity index (χ0) is 23.9. The molecule has 176 valence electrons. The molecule has 5 N–H and O–H groups in total. The van der Waals surface area contributed by atoms with Crippen LogP contribution in [0.5, 0.6) is 0 Å². The maximum Gasteiger partial charge on any atom is 0.407 e. The van der Waals surface area contributed by atoms with Crippen molar-refractivity contribution in [2.45, 2.75) is 59.2 Å². The first-order chi connectivity index (χ1) is 15.1. The van der Waals surface area contributed by atoms with Crippen molar-refractivity contribution in [3.63, 3.8) is 0 Å². The van der Waals surface area contributed by atoms with Crippen LogP contribution in [0.3, 0.4) is 0 Å². The summed E-state index contributed by atoms with van der Waals surface area (Å²) in [5.74, 6) is -0.0883. The highest BCUT2D eigenvalue weighted by Crippen LogP contribution is 2.27. The Kier molecular flexibility index (Phi) is 8.82. The summed E-state index contributed by atoms with van der Waals surface area (Å²) < 4.78 is 5.04. The van der Waals surface area contributed by atoms with Crippen LogP contribution in [-0.2, 0) is 16.1 Å². The van der Waals surface area contributed by atoms with Gasteiger partial charge in [-0.2, -0.15) is 0 Å². The predicted octanol–water partition coefficient (Wildman–Crippen LogP) is 2.35. The van der Waals surface area contributed by atoms with Crippen molar-refractivity contribution in [2.75, 3.05) is 13.2 Å². The molecule has 0 aliphatic carbocycles. The van der Waals surface area contributed by atoms with Gasteiger partial charge in [0.25, 0.3) is 0 Å². The van der Waals surface area contributed by atoms with E-state index in [0.29, 0.717) is 30.1 Å². The minimum Gasteiger partial charge on any atom is -0.450 e. The fraction of sp³-hybridized carbons (Fsp3) is 0.545. The van der Waals surface area contributed by atoms with Crippen LogP contribution in [0, 0.1) is 5.41 Å². The van der Waals surface area contributed by atoms with Gasteiger partial charge in [-0.3, -0.25) is 4.79 Å². The minimum atomic E-state index is -0.523. The Morgan fingerprint density at radius 2 is 2.00 bits per heavy atom. The van der Waals surface area contributed by atoms with Crippen LogP contribution in [0.2, 0.25) is 0 Å². The second-order valence-corrected chi connectivity index (χ2v) is 9.17. The van der Waals surface area contributed by atoms with Gasteiger partial charge in [0.15, 0.2) is 5.84 Å². The van der Waals surface area contributed by atoms with E-state index >= 15 is 0 Å². The predicted molar refractivity (Wildman–Crippen MR) is 127 cm³/mol. The molecule has 1 saturated heterocycles. The molecule has 0 aromatic heterocycles. The lowest BCUT2D eigenvalue weighted by Crippen LogP contribution is -2.57. The Bertz CT molecular complexity index is 851. The lowest BCUT2D eigenvalue weighted by molar-refractivity contribution is -0.124. The zero-order valence-corrected chi connectivity index (χ0v) is 19.9. The Balaban J connectivity index is 2.05. The van der Waals surface area contributed by atoms with Crippen molar-refractivity contribution in [3.8, 4) is 0 Å². The second-order valence-electron chi connectivity index (χ2n) is 8.75. The van der Waals surface area contributed by atoms with E-state index in [9.17, 15) is 9.59 Å². The van der Waals surface area contributed by atoms with Gasteiger partial charge in [0.1, 0.15) is 11.0 Å². The molecule has 2 rings (SSSR count). The molecular formula is C22H33N5O4S. The molecule has 1 fully saturated rings. The van der Waals surface area contributed by atoms with Gasteiger partial charge in [-0.15, -0.1) is 0 Å². The first kappa shape index (κ1) is 25.4. The van der Waals surface area contributed by atoms with Crippen molar-refractivity contribution in [1.82, 2.24) is 15.5 Å². The number of alkyl carbamates (subject to hydrolysis) is 1. The average Bonchev–Trinajstić information content (AvgIpc) is 3.24. The van der Waals surface area contributed by atoms with Crippen molar-refractivity contribution >= 4 is 35.0 Å². The quantitative estimate of drug-likeness (QED) is 0.161. The van der Waals surface area contributed by atoms with Gasteiger partial charge in [-0.1, -0.05) is 62.4 Å². The topological polar surface area (TPSA) is 129 Å². The number of hydrogen-bond acceptors (Lipinski definition) is 6. The molecule has 0 saturated carbocycles. The smallest absolute Gasteiger partial charge is 0.407 e. The third kappa shape index (κ3) is 6.56. The SMILES string of the molecule is CCOC(=O)N[C@@H](C(=S)N1CCC[C@H]1C(=O)NCc1ccc(C(N)=NO)cc1)C(C)(C)C. The monoisotopic (exact) mass is 463 g/mol. The molecule has 1 heterocycles. The number of nitrogens with one attached hydrogen (secondary N) is 2. The van der Waals surface area contributed by atoms with Crippen LogP contribution >= 0.6 is 12.2 Å². The van der Waals surface area contributed by atoms with Crippen LogP contribution in [0.4, 0.5) is 4.79 Å². The number of carbonyl (C=O) groups is 2. The van der Waals surface area contributed by atoms with E-state index in [1.807, 2.05) is 37.8 Å². The molecular weight excluding hydrogens is 430 g/mol. The summed E-state index contributed by atoms with van der Waals surface area (Å²) in [4.78, 5) is 27.5. The van der Waals surface area contributed by atoms with Crippen molar-refractivity contribution in [1.29, 1.82) is 0 Å². The summed E-state index contributed by atoms with van der Waals surface area (Å²) in [6.07, 6.45) is 0.999. The van der Waals surface area contributed by atoms with Crippen molar-refractivity contribution in [2.24, 2.45) is 16.3 Å². The number of thiocarbonyl (C=S) groups is 1. The normalized spacial score (nSPS) is 17.6. The highest BCUT2D eigenvalue weighted by Gasteiger charge is 2.39. The lowest BCUT2D eigenvalue weighted by atomic mass is 9.86. The molecule has 32 heavy (non-hydrogen) atoms. The third-order valence-corrected chi connectivity index (χ3v) is 5.78. The fourth-order valence-electron chi connectivity index (χ4n) is 3.57. The molecule has 1 aliphatic heterocycles. The summed E-state index contributed by atoms with van der Waals surface area (Å²) in [6, 6.07) is 6.22. The third-order valence-electron chi connectivity index (χ3n) is 5.31. The molecule has 10 heteroatoms. The number of nitrogens with two attached hydrogens (primary N) is 1. The van der Waals surface area contributed by atoms with Gasteiger partial charge >= 0.3 is 6.09 Å². The molecule has 0 radical (unpaired) electrons. The molecule has 0 unspecified atom stereocenters. The van der Waals surface area contributed by atoms with Crippen LogP contribution in [0.1, 0.15) is 51.7 Å². The summed E-state index contributed by atoms with van der Waals surface area (Å²) in [6.45, 7) is 8.97. The number of amides is 2. The first-order valence-corrected chi connectivity index (χ1v) is 11.1. The van der Waals surface area contributed by atoms with Crippen LogP contribution < -0.4 is 16.4 Å². The highest BCUT2D eigenvalue weighted by molar-refractivity contribution is 7.80. The number of ether oxygens (including phenoxy) is 1. The van der Waals surface area contributed by atoms with E-state index in [0.717, 1.165) is 12.0 Å². The maximum absolute atomic E-state index is 13.0. The summed E-state index contributed by atoms with van der Waals surface area (Å²) in [5, 5.41) is 17.5. The number of benzene rings is 1. The Morgan fingerprint density at radius 3 is 2.56 bits per heavy atom. The molecule has 0 spiro atoms. The van der Waals surface area contributed by atoms with E-state index in [4.69, 9.17) is 27.9 Å². The molecule has 1 aromatic rings. The van der Waals surface area contributed by atoms with Gasteiger partial charge in [0, 0.05) is 18.7 Å². The zero-order valence-electron chi connectivity index (χ0n) is 19.1. The Morgan fingerprint density at radius 1 is 1.34 bits per heavy atom. The van der Waals surface area contributed by atoms with E-state index in [1.165, 1.54) is 0 Å². The average molecular weight is 464 g/mol. The Hall–Kier alpha value is -2.88. The summed E-state index contributed by atoms with van der Waals surface area (Å²) in [5.41, 5.74) is 6.70. The van der Waals surface area contributed by atoms with E-state index in [-0.39, 0.29) is 23.8 Å². The number of rotatable bonds is 7. The van der Waals surface area contributed by atoms with Crippen LogP contribution in [0.25, 0.3) is 0 Å². The summed E-state index contributed by atoms with van der Waals surface area (Å²) in [7, 11) is 0. The molecule has 1 aliphatic rings. The highest BCUT2D eigenvalue weighted by atomic mass is 32.1. The molecule has 0 bridgehead atoms. The number of carbonyl (C=O) groups excluding carboxylic acids is 2. The maximum atomic E-state index is 13.0. The largest absolute Gasteiger partial charge is 0.450 e. The minimum absolute atomic E-state index is 0.0283. The van der Waals surface area contributed by atoms with Gasteiger partial charge in [0.2, 0.25) is 5.91 Å². The molecule has 1 aromatic carbocycles. The standard InChI is InChI=1S/C22H33N5O4S/c1-5-31-21(29)25-17(22(2,3)4)20(32)27-12-6-7-16(27)19(28)24-13-14-8-10-15(11-9-14)18(23)26-30/h8-11,16-17,30H,5-7,12-13H2,1-4H3,(H2,23,26)(H,24,28)(H,25,29)/t16-,17-/m0/s1. The number of nitrogens with zero attached hydrogens (tertiary/aromatic N) is 2. The number of likely N-dealkylation sites (tertiary alicyclic amines) is 1. The molecule has 2 amide bonds. The van der Waals surface area contributed by atoms with Crippen molar-refractivity contribution in [3.05, 3.63) is 35.4 Å². The van der Waals surface area contributed by atoms with Gasteiger partial charge in [-0.05, 0) is 30.7 Å². The first-order valence-electron chi connectivity index (χ1n) is 10.7. The van der Waals surface area contributed by atoms with E-state index in [1.54, 1.807) is 19.1 Å². The number of amidine groups is 1. The second kappa shape index (κ2) is 11.1. The Labute approximate surface area is 194 Å². The summed E-state index contributed by atoms with van der Waals surface area (Å²) >= 11 is 5.74. The molecule has 9 nitrogen and oxygen atoms in total. The van der Waals surface area contributed by atoms with E-state index in [2.05, 4.69) is 15.8 Å². The van der Waals surface area contributed by atoms with Crippen LogP contribution in [-0.4, -0.2) is 58.2 Å². The van der Waals surface area contributed by atoms with Gasteiger partial charge in [0.05, 0.1) is 12.6 Å². The molecule has 2 atom stereocenters. The van der Waals surface area contributed by atoms with Crippen LogP contribution in [0.15, 0.2) is 29.4 Å². The van der Waals surface area contributed by atoms with Gasteiger partial charge < -0.3 is 31.2 Å².